The fourth-order valence-electron chi connectivity index (χ4n) is 8.69. The van der Waals surface area contributed by atoms with Crippen molar-refractivity contribution in [3.63, 3.8) is 0 Å². The second kappa shape index (κ2) is 14.1. The van der Waals surface area contributed by atoms with E-state index in [9.17, 15) is 0 Å². The molecule has 0 saturated carbocycles. The van der Waals surface area contributed by atoms with E-state index in [0.717, 1.165) is 36.7 Å². The van der Waals surface area contributed by atoms with Crippen molar-refractivity contribution in [1.82, 2.24) is 9.13 Å². The fourth-order valence-corrected chi connectivity index (χ4v) is 18.6. The zero-order valence-corrected chi connectivity index (χ0v) is 31.6. The van der Waals surface area contributed by atoms with Crippen LogP contribution in [0, 0.1) is 0 Å². The van der Waals surface area contributed by atoms with Crippen LogP contribution < -0.4 is 31.1 Å². The molecule has 4 nitrogen and oxygen atoms in total. The molecule has 7 aromatic carbocycles. The molecule has 1 unspecified atom stereocenters. The van der Waals surface area contributed by atoms with Crippen LogP contribution in [0.1, 0.15) is 18.9 Å². The van der Waals surface area contributed by atoms with Crippen LogP contribution in [0.4, 0.5) is 4.79 Å². The summed E-state index contributed by atoms with van der Waals surface area (Å²) in [6.45, 7) is 2.06. The lowest BCUT2D eigenvalue weighted by molar-refractivity contribution is -0.130. The van der Waals surface area contributed by atoms with Gasteiger partial charge in [-0.1, -0.05) is 219 Å². The molecule has 0 N–H and O–H groups in total. The summed E-state index contributed by atoms with van der Waals surface area (Å²) in [5.74, 6) is -0.195. The second-order valence-electron chi connectivity index (χ2n) is 13.5. The third-order valence-corrected chi connectivity index (χ3v) is 20.2. The van der Waals surface area contributed by atoms with Gasteiger partial charge in [0.1, 0.15) is 5.54 Å². The number of amides is 3. The number of rotatable bonds is 10. The van der Waals surface area contributed by atoms with E-state index in [4.69, 9.17) is 0 Å². The minimum absolute atomic E-state index is 0.195. The molecule has 1 aliphatic heterocycles. The van der Waals surface area contributed by atoms with Gasteiger partial charge in [-0.15, -0.1) is 0 Å². The highest BCUT2D eigenvalue weighted by molar-refractivity contribution is 7.14. The summed E-state index contributed by atoms with van der Waals surface area (Å²) in [7, 11) is -7.28. The Balaban J connectivity index is 1.57. The van der Waals surface area contributed by atoms with Gasteiger partial charge in [0.05, 0.1) is 0 Å². The first-order valence-corrected chi connectivity index (χ1v) is 22.1. The molecule has 1 atom stereocenters. The van der Waals surface area contributed by atoms with Crippen LogP contribution in [0.3, 0.4) is 0 Å². The Morgan fingerprint density at radius 1 is 0.396 bits per heavy atom. The highest BCUT2D eigenvalue weighted by atomic mass is 28.3. The third kappa shape index (κ3) is 5.17. The van der Waals surface area contributed by atoms with Crippen molar-refractivity contribution in [1.29, 1.82) is 0 Å². The number of imide groups is 1. The molecule has 0 aliphatic carbocycles. The number of urea groups is 1. The Kier molecular flexibility index (Phi) is 9.08. The van der Waals surface area contributed by atoms with Gasteiger partial charge >= 0.3 is 6.03 Å². The van der Waals surface area contributed by atoms with Gasteiger partial charge in [0.2, 0.25) is 0 Å². The summed E-state index contributed by atoms with van der Waals surface area (Å²) < 4.78 is 3.84. The van der Waals surface area contributed by atoms with Gasteiger partial charge in [-0.3, -0.25) is 9.36 Å². The summed E-state index contributed by atoms with van der Waals surface area (Å²) in [5, 5.41) is 5.97. The maximum Gasteiger partial charge on any atom is 0.313 e. The Morgan fingerprint density at radius 2 is 0.660 bits per heavy atom. The molecule has 8 rings (SSSR count). The average Bonchev–Trinajstić information content (AvgIpc) is 3.47. The van der Waals surface area contributed by atoms with Gasteiger partial charge in [-0.2, -0.15) is 0 Å². The van der Waals surface area contributed by atoms with Crippen LogP contribution in [0.25, 0.3) is 0 Å². The fraction of sp³-hybridized carbons (Fsp3) is 0.0638. The molecule has 1 heterocycles. The number of hydrogen-bond donors (Lipinski definition) is 0. The maximum absolute atomic E-state index is 16.7. The molecule has 0 aromatic heterocycles. The average molecular weight is 721 g/mol. The maximum atomic E-state index is 16.7. The van der Waals surface area contributed by atoms with E-state index < -0.39 is 22.0 Å². The van der Waals surface area contributed by atoms with Gasteiger partial charge in [-0.25, -0.2) is 4.79 Å². The first-order chi connectivity index (χ1) is 26.1. The molecule has 53 heavy (non-hydrogen) atoms. The first-order valence-electron chi connectivity index (χ1n) is 18.2. The summed E-state index contributed by atoms with van der Waals surface area (Å²) in [5.41, 5.74) is -0.539. The van der Waals surface area contributed by atoms with E-state index in [1.54, 1.807) is 4.57 Å². The molecule has 1 aliphatic rings. The molecule has 0 bridgehead atoms. The number of carbonyl (C=O) groups is 2. The quantitative estimate of drug-likeness (QED) is 0.101. The van der Waals surface area contributed by atoms with E-state index in [1.807, 2.05) is 103 Å². The molecule has 0 spiro atoms. The van der Waals surface area contributed by atoms with Crippen molar-refractivity contribution in [2.45, 2.75) is 18.9 Å². The zero-order chi connectivity index (χ0) is 36.3. The van der Waals surface area contributed by atoms with Crippen LogP contribution >= 0.6 is 0 Å². The van der Waals surface area contributed by atoms with E-state index in [2.05, 4.69) is 121 Å². The summed E-state index contributed by atoms with van der Waals surface area (Å²) in [4.78, 5) is 33.2. The molecule has 3 amide bonds. The molecule has 7 aromatic rings. The van der Waals surface area contributed by atoms with E-state index >= 15 is 9.59 Å². The topological polar surface area (TPSA) is 40.6 Å². The molecule has 0 radical (unpaired) electrons. The minimum atomic E-state index is -3.66. The number of carbonyl (C=O) groups excluding carboxylic acids is 2. The van der Waals surface area contributed by atoms with E-state index in [-0.39, 0.29) is 11.9 Å². The minimum Gasteiger partial charge on any atom is -0.321 e. The van der Waals surface area contributed by atoms with Crippen molar-refractivity contribution in [3.05, 3.63) is 218 Å². The van der Waals surface area contributed by atoms with Gasteiger partial charge < -0.3 is 4.57 Å². The van der Waals surface area contributed by atoms with Crippen LogP contribution in [0.15, 0.2) is 212 Å². The van der Waals surface area contributed by atoms with Crippen molar-refractivity contribution in [3.8, 4) is 0 Å². The van der Waals surface area contributed by atoms with Crippen LogP contribution in [0.2, 0.25) is 0 Å². The molecule has 258 valence electrons. The molecular formula is C47H40N2O2Si2. The third-order valence-electron chi connectivity index (χ3n) is 10.9. The summed E-state index contributed by atoms with van der Waals surface area (Å²) in [6.07, 6.45) is 0.377. The van der Waals surface area contributed by atoms with Crippen LogP contribution in [0.5, 0.6) is 0 Å². The zero-order valence-electron chi connectivity index (χ0n) is 29.6. The van der Waals surface area contributed by atoms with Gasteiger partial charge in [0.25, 0.3) is 22.4 Å². The Labute approximate surface area is 313 Å². The van der Waals surface area contributed by atoms with Gasteiger partial charge in [0, 0.05) is 0 Å². The molecular weight excluding hydrogens is 681 g/mol. The predicted molar refractivity (Wildman–Crippen MR) is 220 cm³/mol. The normalized spacial score (nSPS) is 16.2. The monoisotopic (exact) mass is 720 g/mol. The number of benzene rings is 7. The largest absolute Gasteiger partial charge is 0.321 e. The molecule has 1 fully saturated rings. The lowest BCUT2D eigenvalue weighted by Crippen LogP contribution is -2.82. The summed E-state index contributed by atoms with van der Waals surface area (Å²) >= 11 is 0. The lowest BCUT2D eigenvalue weighted by Gasteiger charge is -2.48. The standard InChI is InChI=1S/C47H40N2O2Si2/c1-2-47(38-24-10-3-11-25-38)45(50)48(52(39-26-12-4-13-27-39,40-28-14-5-15-29-40)41-30-16-6-17-31-41)46(51)49(47)53(42-32-18-7-19-33-42,43-34-20-8-21-35-43)44-36-22-9-23-37-44/h3-37H,2H2,1H3. The predicted octanol–water partition coefficient (Wildman–Crippen LogP) is 5.89. The van der Waals surface area contributed by atoms with Crippen LogP contribution in [-0.4, -0.2) is 37.5 Å². The van der Waals surface area contributed by atoms with Crippen molar-refractivity contribution in [2.24, 2.45) is 0 Å². The van der Waals surface area contributed by atoms with Crippen molar-refractivity contribution < 1.29 is 9.59 Å². The van der Waals surface area contributed by atoms with Crippen molar-refractivity contribution in [2.75, 3.05) is 0 Å². The molecule has 6 heteroatoms. The van der Waals surface area contributed by atoms with E-state index in [1.165, 1.54) is 0 Å². The Hall–Kier alpha value is -6.09. The number of nitrogens with zero attached hydrogens (tertiary/aromatic N) is 2. The SMILES string of the molecule is CCC1(c2ccccc2)C(=O)N([Si](c2ccccc2)(c2ccccc2)c2ccccc2)C(=O)N1[Si](c1ccccc1)(c1ccccc1)c1ccccc1. The first kappa shape index (κ1) is 34.0. The second-order valence-corrected chi connectivity index (χ2v) is 20.7. The number of hydrogen-bond acceptors (Lipinski definition) is 2. The highest BCUT2D eigenvalue weighted by Crippen LogP contribution is 2.45. The smallest absolute Gasteiger partial charge is 0.313 e. The highest BCUT2D eigenvalue weighted by Gasteiger charge is 2.70. The van der Waals surface area contributed by atoms with E-state index in [0.29, 0.717) is 6.42 Å². The van der Waals surface area contributed by atoms with Gasteiger partial charge in [-0.05, 0) is 43.1 Å². The Bertz CT molecular complexity index is 2120. The van der Waals surface area contributed by atoms with Crippen LogP contribution in [-0.2, 0) is 10.3 Å². The van der Waals surface area contributed by atoms with Gasteiger partial charge in [0.15, 0.2) is 0 Å². The van der Waals surface area contributed by atoms with Crippen molar-refractivity contribution >= 4 is 59.5 Å². The lowest BCUT2D eigenvalue weighted by atomic mass is 9.87. The Morgan fingerprint density at radius 3 is 0.943 bits per heavy atom. The molecule has 1 saturated heterocycles. The summed E-state index contributed by atoms with van der Waals surface area (Å²) in [6, 6.07) is 71.7.